The first kappa shape index (κ1) is 9.93. The number of halogens is 1. The van der Waals surface area contributed by atoms with Gasteiger partial charge < -0.3 is 0 Å². The van der Waals surface area contributed by atoms with Crippen LogP contribution in [0.4, 0.5) is 0 Å². The number of benzene rings is 1. The number of hydrogen-bond acceptors (Lipinski definition) is 2. The predicted molar refractivity (Wildman–Crippen MR) is 50.8 cm³/mol. The minimum absolute atomic E-state index is 0.135. The molecule has 0 bridgehead atoms. The van der Waals surface area contributed by atoms with Crippen molar-refractivity contribution in [1.29, 1.82) is 0 Å². The molecule has 2 nitrogen and oxygen atoms in total. The average molecular weight is 197 g/mol. The van der Waals surface area contributed by atoms with E-state index in [2.05, 4.69) is 0 Å². The molecule has 0 fully saturated rings. The van der Waals surface area contributed by atoms with Gasteiger partial charge in [-0.25, -0.2) is 0 Å². The highest BCUT2D eigenvalue weighted by Gasteiger charge is 2.08. The van der Waals surface area contributed by atoms with E-state index in [0.29, 0.717) is 5.02 Å². The summed E-state index contributed by atoms with van der Waals surface area (Å²) in [5.74, 6) is -0.803. The lowest BCUT2D eigenvalue weighted by atomic mass is 10.1. The molecule has 68 valence electrons. The molecule has 1 aromatic rings. The Bertz CT molecular complexity index is 345. The third kappa shape index (κ3) is 2.99. The second kappa shape index (κ2) is 4.19. The van der Waals surface area contributed by atoms with E-state index in [0.717, 1.165) is 5.56 Å². The molecule has 0 saturated carbocycles. The number of rotatable bonds is 3. The summed E-state index contributed by atoms with van der Waals surface area (Å²) in [6.45, 7) is 1.27. The molecular weight excluding hydrogens is 188 g/mol. The Morgan fingerprint density at radius 3 is 2.62 bits per heavy atom. The monoisotopic (exact) mass is 196 g/mol. The zero-order valence-corrected chi connectivity index (χ0v) is 7.97. The third-order valence-electron chi connectivity index (χ3n) is 1.65. The van der Waals surface area contributed by atoms with Gasteiger partial charge in [0, 0.05) is 18.4 Å². The largest absolute Gasteiger partial charge is 0.291 e. The number of carbonyl (C=O) groups excluding carboxylic acids is 2. The summed E-state index contributed by atoms with van der Waals surface area (Å²) in [5.41, 5.74) is 0.771. The summed E-state index contributed by atoms with van der Waals surface area (Å²) >= 11 is 5.71. The predicted octanol–water partition coefficient (Wildman–Crippen LogP) is 2.04. The fourth-order valence-electron chi connectivity index (χ4n) is 0.957. The van der Waals surface area contributed by atoms with Crippen LogP contribution in [0.5, 0.6) is 0 Å². The Kier molecular flexibility index (Phi) is 3.20. The van der Waals surface area contributed by atoms with Crippen molar-refractivity contribution in [1.82, 2.24) is 0 Å². The molecule has 1 rings (SSSR count). The van der Waals surface area contributed by atoms with Gasteiger partial charge in [-0.05, 0) is 17.7 Å². The van der Waals surface area contributed by atoms with Crippen LogP contribution in [0.1, 0.15) is 12.5 Å². The van der Waals surface area contributed by atoms with E-state index in [1.165, 1.54) is 6.92 Å². The Morgan fingerprint density at radius 2 is 2.08 bits per heavy atom. The first-order chi connectivity index (χ1) is 6.09. The molecule has 1 aromatic carbocycles. The first-order valence-corrected chi connectivity index (χ1v) is 4.25. The second-order valence-corrected chi connectivity index (χ2v) is 3.22. The fraction of sp³-hybridized carbons (Fsp3) is 0.200. The maximum Gasteiger partial charge on any atom is 0.202 e. The molecule has 0 aromatic heterocycles. The molecule has 0 radical (unpaired) electrons. The number of hydrogen-bond donors (Lipinski definition) is 0. The van der Waals surface area contributed by atoms with Crippen LogP contribution in [0.2, 0.25) is 5.02 Å². The Morgan fingerprint density at radius 1 is 1.38 bits per heavy atom. The van der Waals surface area contributed by atoms with Crippen molar-refractivity contribution >= 4 is 23.2 Å². The Labute approximate surface area is 81.5 Å². The van der Waals surface area contributed by atoms with Crippen molar-refractivity contribution in [3.63, 3.8) is 0 Å². The number of ketones is 2. The van der Waals surface area contributed by atoms with Gasteiger partial charge >= 0.3 is 0 Å². The highest BCUT2D eigenvalue weighted by atomic mass is 35.5. The normalized spacial score (nSPS) is 9.69. The maximum absolute atomic E-state index is 11.0. The van der Waals surface area contributed by atoms with Crippen LogP contribution >= 0.6 is 11.6 Å². The SMILES string of the molecule is CC(=O)C(=O)Cc1cccc(Cl)c1. The lowest BCUT2D eigenvalue weighted by Crippen LogP contribution is -2.12. The number of Topliss-reactive ketones (excluding diaryl/α,β-unsaturated/α-hetero) is 2. The van der Waals surface area contributed by atoms with Gasteiger partial charge in [0.25, 0.3) is 0 Å². The molecule has 0 atom stereocenters. The standard InChI is InChI=1S/C10H9ClO2/c1-7(12)10(13)6-8-3-2-4-9(11)5-8/h2-5H,6H2,1H3. The minimum atomic E-state index is -0.417. The van der Waals surface area contributed by atoms with Crippen LogP contribution in [0, 0.1) is 0 Å². The molecule has 0 N–H and O–H groups in total. The van der Waals surface area contributed by atoms with Gasteiger partial charge in [0.2, 0.25) is 5.78 Å². The van der Waals surface area contributed by atoms with Gasteiger partial charge in [-0.3, -0.25) is 9.59 Å². The van der Waals surface area contributed by atoms with Gasteiger partial charge in [0.05, 0.1) is 0 Å². The minimum Gasteiger partial charge on any atom is -0.291 e. The molecular formula is C10H9ClO2. The van der Waals surface area contributed by atoms with E-state index in [1.54, 1.807) is 24.3 Å². The average Bonchev–Trinajstić information content (AvgIpc) is 2.04. The van der Waals surface area contributed by atoms with Gasteiger partial charge in [-0.1, -0.05) is 23.7 Å². The summed E-state index contributed by atoms with van der Waals surface area (Å²) in [6, 6.07) is 6.93. The molecule has 0 amide bonds. The van der Waals surface area contributed by atoms with Crippen LogP contribution in [0.3, 0.4) is 0 Å². The van der Waals surface area contributed by atoms with Crippen molar-refractivity contribution in [3.05, 3.63) is 34.9 Å². The summed E-state index contributed by atoms with van der Waals surface area (Å²) in [4.78, 5) is 21.7. The van der Waals surface area contributed by atoms with Gasteiger partial charge in [0.1, 0.15) is 0 Å². The van der Waals surface area contributed by atoms with Crippen LogP contribution in [-0.4, -0.2) is 11.6 Å². The molecule has 0 spiro atoms. The Balaban J connectivity index is 2.75. The van der Waals surface area contributed by atoms with Crippen LogP contribution in [0.15, 0.2) is 24.3 Å². The lowest BCUT2D eigenvalue weighted by molar-refractivity contribution is -0.134. The van der Waals surface area contributed by atoms with E-state index in [9.17, 15) is 9.59 Å². The van der Waals surface area contributed by atoms with Gasteiger partial charge in [0.15, 0.2) is 5.78 Å². The summed E-state index contributed by atoms with van der Waals surface area (Å²) in [6.07, 6.45) is 0.135. The molecule has 0 heterocycles. The van der Waals surface area contributed by atoms with Crippen LogP contribution in [0.25, 0.3) is 0 Å². The van der Waals surface area contributed by atoms with Crippen LogP contribution in [-0.2, 0) is 16.0 Å². The quantitative estimate of drug-likeness (QED) is 0.694. The first-order valence-electron chi connectivity index (χ1n) is 3.88. The van der Waals surface area contributed by atoms with Crippen molar-refractivity contribution in [2.75, 3.05) is 0 Å². The van der Waals surface area contributed by atoms with Crippen molar-refractivity contribution in [3.8, 4) is 0 Å². The van der Waals surface area contributed by atoms with E-state index in [-0.39, 0.29) is 12.2 Å². The molecule has 13 heavy (non-hydrogen) atoms. The maximum atomic E-state index is 11.0. The molecule has 0 aliphatic carbocycles. The lowest BCUT2D eigenvalue weighted by Gasteiger charge is -1.98. The van der Waals surface area contributed by atoms with Crippen molar-refractivity contribution in [2.45, 2.75) is 13.3 Å². The van der Waals surface area contributed by atoms with Crippen molar-refractivity contribution < 1.29 is 9.59 Å². The molecule has 3 heteroatoms. The van der Waals surface area contributed by atoms with E-state index >= 15 is 0 Å². The summed E-state index contributed by atoms with van der Waals surface area (Å²) in [5, 5.41) is 0.578. The number of carbonyl (C=O) groups is 2. The van der Waals surface area contributed by atoms with E-state index < -0.39 is 5.78 Å². The third-order valence-corrected chi connectivity index (χ3v) is 1.88. The highest BCUT2D eigenvalue weighted by Crippen LogP contribution is 2.11. The highest BCUT2D eigenvalue weighted by molar-refractivity contribution is 6.36. The zero-order valence-electron chi connectivity index (χ0n) is 7.21. The topological polar surface area (TPSA) is 34.1 Å². The van der Waals surface area contributed by atoms with Gasteiger partial charge in [-0.2, -0.15) is 0 Å². The van der Waals surface area contributed by atoms with E-state index in [1.807, 2.05) is 0 Å². The Hall–Kier alpha value is -1.15. The van der Waals surface area contributed by atoms with E-state index in [4.69, 9.17) is 11.6 Å². The van der Waals surface area contributed by atoms with Crippen molar-refractivity contribution in [2.24, 2.45) is 0 Å². The molecule has 0 unspecified atom stereocenters. The molecule has 0 aliphatic rings. The zero-order chi connectivity index (χ0) is 9.84. The van der Waals surface area contributed by atoms with Crippen LogP contribution < -0.4 is 0 Å². The molecule has 0 aliphatic heterocycles. The van der Waals surface area contributed by atoms with Gasteiger partial charge in [-0.15, -0.1) is 0 Å². The fourth-order valence-corrected chi connectivity index (χ4v) is 1.17. The molecule has 0 saturated heterocycles. The summed E-state index contributed by atoms with van der Waals surface area (Å²) < 4.78 is 0. The smallest absolute Gasteiger partial charge is 0.202 e. The summed E-state index contributed by atoms with van der Waals surface area (Å²) in [7, 11) is 0. The second-order valence-electron chi connectivity index (χ2n) is 2.79.